The topological polar surface area (TPSA) is 71.1 Å². The minimum Gasteiger partial charge on any atom is -0.315 e. The van der Waals surface area contributed by atoms with Gasteiger partial charge in [-0.15, -0.1) is 11.3 Å². The highest BCUT2D eigenvalue weighted by molar-refractivity contribution is 9.11. The van der Waals surface area contributed by atoms with E-state index in [4.69, 9.17) is 0 Å². The number of halogens is 1. The Balaban J connectivity index is 2.29. The number of rotatable bonds is 5. The number of sulfonamides is 1. The zero-order chi connectivity index (χ0) is 13.9. The van der Waals surface area contributed by atoms with Crippen LogP contribution >= 0.6 is 27.3 Å². The first-order valence-corrected chi connectivity index (χ1v) is 8.48. The molecule has 2 N–H and O–H groups in total. The van der Waals surface area contributed by atoms with Crippen molar-refractivity contribution in [1.82, 2.24) is 10.3 Å². The molecule has 0 saturated carbocycles. The maximum absolute atomic E-state index is 12.3. The van der Waals surface area contributed by atoms with Crippen LogP contribution in [-0.2, 0) is 16.6 Å². The van der Waals surface area contributed by atoms with Gasteiger partial charge in [0.05, 0.1) is 9.47 Å². The number of hydrogen-bond acceptors (Lipinski definition) is 5. The van der Waals surface area contributed by atoms with Crippen LogP contribution in [0.15, 0.2) is 39.3 Å². The summed E-state index contributed by atoms with van der Waals surface area (Å²) in [7, 11) is -1.77. The van der Waals surface area contributed by atoms with Gasteiger partial charge in [0.2, 0.25) is 0 Å². The fourth-order valence-electron chi connectivity index (χ4n) is 1.47. The van der Waals surface area contributed by atoms with Crippen LogP contribution in [0.1, 0.15) is 4.88 Å². The van der Waals surface area contributed by atoms with E-state index in [1.54, 1.807) is 18.2 Å². The van der Waals surface area contributed by atoms with E-state index in [1.807, 2.05) is 7.05 Å². The number of nitrogens with one attached hydrogen (secondary N) is 2. The molecular formula is C11H12BrN3O2S2. The number of pyridine rings is 1. The zero-order valence-electron chi connectivity index (χ0n) is 10.1. The fraction of sp³-hybridized carbons (Fsp3) is 0.182. The third-order valence-corrected chi connectivity index (χ3v) is 5.91. The van der Waals surface area contributed by atoms with E-state index in [0.717, 1.165) is 4.88 Å². The van der Waals surface area contributed by atoms with E-state index in [2.05, 4.69) is 31.0 Å². The van der Waals surface area contributed by atoms with Gasteiger partial charge in [-0.3, -0.25) is 9.71 Å². The summed E-state index contributed by atoms with van der Waals surface area (Å²) in [4.78, 5) is 5.04. The van der Waals surface area contributed by atoms with Crippen molar-refractivity contribution in [3.8, 4) is 0 Å². The first-order chi connectivity index (χ1) is 9.03. The Kier molecular flexibility index (Phi) is 4.56. The summed E-state index contributed by atoms with van der Waals surface area (Å²) in [5, 5.41) is 2.99. The molecule has 0 unspecified atom stereocenters. The molecule has 2 aromatic heterocycles. The Morgan fingerprint density at radius 2 is 2.05 bits per heavy atom. The number of hydrogen-bond donors (Lipinski definition) is 2. The molecule has 102 valence electrons. The third-order valence-electron chi connectivity index (χ3n) is 2.28. The molecule has 0 aliphatic rings. The molecule has 19 heavy (non-hydrogen) atoms. The molecule has 2 heterocycles. The highest BCUT2D eigenvalue weighted by Crippen LogP contribution is 2.32. The van der Waals surface area contributed by atoms with Gasteiger partial charge in [0.15, 0.2) is 0 Å². The second kappa shape index (κ2) is 6.00. The van der Waals surface area contributed by atoms with Crippen molar-refractivity contribution in [2.75, 3.05) is 11.8 Å². The standard InChI is InChI=1S/C11H12BrN3O2S2/c1-13-7-9-6-10(11(12)18-9)19(16,17)15-8-2-4-14-5-3-8/h2-6,13H,7H2,1H3,(H,14,15). The lowest BCUT2D eigenvalue weighted by Gasteiger charge is -2.06. The van der Waals surface area contributed by atoms with Crippen molar-refractivity contribution in [2.45, 2.75) is 11.4 Å². The van der Waals surface area contributed by atoms with Gasteiger partial charge in [-0.05, 0) is 41.2 Å². The molecule has 0 radical (unpaired) electrons. The average molecular weight is 362 g/mol. The maximum Gasteiger partial charge on any atom is 0.263 e. The average Bonchev–Trinajstić information content (AvgIpc) is 2.72. The van der Waals surface area contributed by atoms with E-state index >= 15 is 0 Å². The van der Waals surface area contributed by atoms with Crippen LogP contribution in [0.2, 0.25) is 0 Å². The van der Waals surface area contributed by atoms with Crippen LogP contribution in [0.3, 0.4) is 0 Å². The summed E-state index contributed by atoms with van der Waals surface area (Å²) in [6.45, 7) is 0.633. The number of anilines is 1. The molecule has 0 spiro atoms. The summed E-state index contributed by atoms with van der Waals surface area (Å²) >= 11 is 4.69. The van der Waals surface area contributed by atoms with Crippen molar-refractivity contribution < 1.29 is 8.42 Å². The Hall–Kier alpha value is -0.960. The Morgan fingerprint density at radius 3 is 2.68 bits per heavy atom. The minimum atomic E-state index is -3.58. The Morgan fingerprint density at radius 1 is 1.37 bits per heavy atom. The summed E-state index contributed by atoms with van der Waals surface area (Å²) in [5.74, 6) is 0. The first-order valence-electron chi connectivity index (χ1n) is 5.38. The van der Waals surface area contributed by atoms with Crippen LogP contribution in [-0.4, -0.2) is 20.4 Å². The van der Waals surface area contributed by atoms with Gasteiger partial charge in [0, 0.05) is 23.8 Å². The van der Waals surface area contributed by atoms with E-state index < -0.39 is 10.0 Å². The maximum atomic E-state index is 12.3. The Bertz CT molecular complexity index is 656. The Labute approximate surface area is 124 Å². The largest absolute Gasteiger partial charge is 0.315 e. The lowest BCUT2D eigenvalue weighted by molar-refractivity contribution is 0.601. The van der Waals surface area contributed by atoms with Gasteiger partial charge in [-0.25, -0.2) is 8.42 Å². The number of aromatic nitrogens is 1. The molecule has 2 rings (SSSR count). The molecule has 0 aromatic carbocycles. The molecule has 0 amide bonds. The predicted octanol–water partition coefficient (Wildman–Crippen LogP) is 2.43. The highest BCUT2D eigenvalue weighted by Gasteiger charge is 2.20. The molecule has 0 fully saturated rings. The van der Waals surface area contributed by atoms with Gasteiger partial charge >= 0.3 is 0 Å². The van der Waals surface area contributed by atoms with E-state index in [9.17, 15) is 8.42 Å². The predicted molar refractivity (Wildman–Crippen MR) is 79.8 cm³/mol. The summed E-state index contributed by atoms with van der Waals surface area (Å²) in [6.07, 6.45) is 3.07. The molecule has 0 atom stereocenters. The summed E-state index contributed by atoms with van der Waals surface area (Å²) in [6, 6.07) is 4.87. The minimum absolute atomic E-state index is 0.250. The van der Waals surface area contributed by atoms with Crippen LogP contribution < -0.4 is 10.0 Å². The normalized spacial score (nSPS) is 11.5. The fourth-order valence-corrected chi connectivity index (χ4v) is 5.23. The molecule has 0 aliphatic carbocycles. The van der Waals surface area contributed by atoms with Crippen LogP contribution in [0.25, 0.3) is 0 Å². The van der Waals surface area contributed by atoms with Gasteiger partial charge in [0.25, 0.3) is 10.0 Å². The molecule has 0 saturated heterocycles. The van der Waals surface area contributed by atoms with E-state index in [0.29, 0.717) is 16.0 Å². The van der Waals surface area contributed by atoms with Crippen molar-refractivity contribution >= 4 is 43.0 Å². The lowest BCUT2D eigenvalue weighted by Crippen LogP contribution is -2.12. The van der Waals surface area contributed by atoms with Gasteiger partial charge in [-0.2, -0.15) is 0 Å². The van der Waals surface area contributed by atoms with Gasteiger partial charge in [-0.1, -0.05) is 0 Å². The van der Waals surface area contributed by atoms with Crippen molar-refractivity contribution in [1.29, 1.82) is 0 Å². The highest BCUT2D eigenvalue weighted by atomic mass is 79.9. The van der Waals surface area contributed by atoms with Crippen LogP contribution in [0.4, 0.5) is 5.69 Å². The second-order valence-electron chi connectivity index (χ2n) is 3.72. The number of nitrogens with zero attached hydrogens (tertiary/aromatic N) is 1. The van der Waals surface area contributed by atoms with Crippen molar-refractivity contribution in [3.05, 3.63) is 39.3 Å². The molecular weight excluding hydrogens is 350 g/mol. The molecule has 5 nitrogen and oxygen atoms in total. The van der Waals surface area contributed by atoms with Gasteiger partial charge < -0.3 is 5.32 Å². The zero-order valence-corrected chi connectivity index (χ0v) is 13.3. The monoisotopic (exact) mass is 361 g/mol. The first kappa shape index (κ1) is 14.4. The van der Waals surface area contributed by atoms with Gasteiger partial charge in [0.1, 0.15) is 4.90 Å². The lowest BCUT2D eigenvalue weighted by atomic mass is 10.4. The molecule has 0 aliphatic heterocycles. The van der Waals surface area contributed by atoms with E-state index in [-0.39, 0.29) is 4.90 Å². The summed E-state index contributed by atoms with van der Waals surface area (Å²) in [5.41, 5.74) is 0.489. The third kappa shape index (κ3) is 3.53. The molecule has 8 heteroatoms. The quantitative estimate of drug-likeness (QED) is 0.857. The molecule has 2 aromatic rings. The SMILES string of the molecule is CNCc1cc(S(=O)(=O)Nc2ccncc2)c(Br)s1. The molecule has 0 bridgehead atoms. The van der Waals surface area contributed by atoms with E-state index in [1.165, 1.54) is 23.7 Å². The second-order valence-corrected chi connectivity index (χ2v) is 7.83. The van der Waals surface area contributed by atoms with Crippen molar-refractivity contribution in [3.63, 3.8) is 0 Å². The number of thiophene rings is 1. The van der Waals surface area contributed by atoms with Crippen LogP contribution in [0.5, 0.6) is 0 Å². The van der Waals surface area contributed by atoms with Crippen molar-refractivity contribution in [2.24, 2.45) is 0 Å². The summed E-state index contributed by atoms with van der Waals surface area (Å²) < 4.78 is 27.6. The smallest absolute Gasteiger partial charge is 0.263 e. The van der Waals surface area contributed by atoms with Crippen LogP contribution in [0, 0.1) is 0 Å².